The van der Waals surface area contributed by atoms with E-state index in [2.05, 4.69) is 53.0 Å². The molecule has 2 fully saturated rings. The average Bonchev–Trinajstić information content (AvgIpc) is 3.67. The van der Waals surface area contributed by atoms with E-state index >= 15 is 0 Å². The molecule has 0 spiro atoms. The maximum absolute atomic E-state index is 12.2. The van der Waals surface area contributed by atoms with E-state index in [9.17, 15) is 19.8 Å². The van der Waals surface area contributed by atoms with Gasteiger partial charge in [0.25, 0.3) is 11.1 Å². The fraction of sp³-hybridized carbons (Fsp3) is 0.545. The van der Waals surface area contributed by atoms with Crippen LogP contribution in [0.3, 0.4) is 0 Å². The molecule has 0 saturated carbocycles. The van der Waals surface area contributed by atoms with Gasteiger partial charge < -0.3 is 41.1 Å². The van der Waals surface area contributed by atoms with Crippen molar-refractivity contribution < 1.29 is 19.7 Å². The molecule has 41 heavy (non-hydrogen) atoms. The summed E-state index contributed by atoms with van der Waals surface area (Å²) < 4.78 is 15.5. The summed E-state index contributed by atoms with van der Waals surface area (Å²) in [6.07, 6.45) is 0.797. The van der Waals surface area contributed by atoms with E-state index in [1.54, 1.807) is 9.13 Å². The zero-order chi connectivity index (χ0) is 29.1. The summed E-state index contributed by atoms with van der Waals surface area (Å²) in [6.45, 7) is 4.26. The lowest BCUT2D eigenvalue weighted by atomic mass is 10.1. The minimum Gasteiger partial charge on any atom is -0.394 e. The summed E-state index contributed by atoms with van der Waals surface area (Å²) in [6, 6.07) is -0.218. The van der Waals surface area contributed by atoms with Gasteiger partial charge in [-0.3, -0.25) is 28.7 Å². The zero-order valence-corrected chi connectivity index (χ0v) is 23.3. The molecule has 6 heterocycles. The van der Waals surface area contributed by atoms with Crippen LogP contribution in [0.25, 0.3) is 22.3 Å². The minimum atomic E-state index is -2.35. The van der Waals surface area contributed by atoms with Gasteiger partial charge in [0.15, 0.2) is 30.7 Å². The van der Waals surface area contributed by atoms with E-state index in [1.165, 1.54) is 12.7 Å². The summed E-state index contributed by atoms with van der Waals surface area (Å²) >= 11 is 0. The molecule has 10 N–H and O–H groups in total. The average molecular weight is 589 g/mol. The first kappa shape index (κ1) is 27.4. The number of nitrogens with zero attached hydrogens (tertiary/aromatic N) is 6. The van der Waals surface area contributed by atoms with Crippen LogP contribution in [0.1, 0.15) is 25.3 Å². The number of aromatic nitrogens is 8. The third-order valence-corrected chi connectivity index (χ3v) is 9.61. The van der Waals surface area contributed by atoms with Crippen molar-refractivity contribution in [1.82, 2.24) is 49.0 Å². The highest BCUT2D eigenvalue weighted by Crippen LogP contribution is 2.32. The van der Waals surface area contributed by atoms with Crippen LogP contribution in [-0.2, 0) is 9.47 Å². The molecular formula is C22H32N12O6Si. The number of nitrogens with two attached hydrogens (primary N) is 2. The highest BCUT2D eigenvalue weighted by atomic mass is 28.3. The molecule has 6 rings (SSSR count). The monoisotopic (exact) mass is 588 g/mol. The second-order valence-electron chi connectivity index (χ2n) is 10.8. The van der Waals surface area contributed by atoms with Crippen molar-refractivity contribution in [2.24, 2.45) is 0 Å². The molecule has 220 valence electrons. The molecule has 4 aromatic heterocycles. The number of hydrogen-bond donors (Lipinski definition) is 8. The molecule has 2 aliphatic rings. The van der Waals surface area contributed by atoms with Crippen molar-refractivity contribution in [2.45, 2.75) is 62.7 Å². The first-order valence-electron chi connectivity index (χ1n) is 13.1. The van der Waals surface area contributed by atoms with E-state index in [0.29, 0.717) is 18.6 Å². The highest BCUT2D eigenvalue weighted by Gasteiger charge is 2.41. The molecule has 2 saturated heterocycles. The molecule has 0 unspecified atom stereocenters. The number of nitrogens with one attached hydrogen (secondary N) is 4. The van der Waals surface area contributed by atoms with Crippen molar-refractivity contribution >= 4 is 42.6 Å². The van der Waals surface area contributed by atoms with Gasteiger partial charge >= 0.3 is 0 Å². The quantitative estimate of drug-likeness (QED) is 0.0997. The van der Waals surface area contributed by atoms with E-state index in [0.717, 1.165) is 0 Å². The van der Waals surface area contributed by atoms with Gasteiger partial charge in [-0.1, -0.05) is 0 Å². The number of aliphatic hydroxyl groups excluding tert-OH is 2. The van der Waals surface area contributed by atoms with Gasteiger partial charge in [-0.15, -0.1) is 0 Å². The van der Waals surface area contributed by atoms with Crippen LogP contribution in [0, 0.1) is 0 Å². The third kappa shape index (κ3) is 5.12. The number of ether oxygens (including phenoxy) is 2. The summed E-state index contributed by atoms with van der Waals surface area (Å²) in [5.41, 5.74) is 11.4. The second kappa shape index (κ2) is 10.3. The number of nitrogen functional groups attached to an aromatic ring is 2. The van der Waals surface area contributed by atoms with Crippen LogP contribution in [0.2, 0.25) is 13.1 Å². The molecule has 0 amide bonds. The van der Waals surface area contributed by atoms with Crippen molar-refractivity contribution in [3.63, 3.8) is 0 Å². The lowest BCUT2D eigenvalue weighted by Crippen LogP contribution is -2.64. The molecule has 6 atom stereocenters. The molecule has 0 bridgehead atoms. The smallest absolute Gasteiger partial charge is 0.280 e. The van der Waals surface area contributed by atoms with E-state index < -0.39 is 50.3 Å². The standard InChI is InChI=1S/C22H32N12O6Si/c1-41(2,27-5-11-10(36)4-14(39-11)34-8-26-16-18(34)29-22(24)31-20(16)38)32-9-3-13(40-12(9)6-35)33-7-25-15-17(33)28-21(23)30-19(15)37/h7-14,27,32,35-36H,3-6H2,1-2H3,(H3,23,28,30,37)(H3,24,29,31,38)/t9-,10-,11+,12+,13+,14+/m0/s1. The number of aromatic amines is 2. The topological polar surface area (TPSA) is 262 Å². The Morgan fingerprint density at radius 1 is 0.976 bits per heavy atom. The number of aliphatic hydroxyl groups is 2. The van der Waals surface area contributed by atoms with Crippen molar-refractivity contribution in [1.29, 1.82) is 0 Å². The Kier molecular flexibility index (Phi) is 6.88. The molecule has 0 aliphatic carbocycles. The fourth-order valence-electron chi connectivity index (χ4n) is 5.47. The molecule has 0 aromatic carbocycles. The molecule has 19 heteroatoms. The Balaban J connectivity index is 1.11. The first-order valence-corrected chi connectivity index (χ1v) is 16.1. The minimum absolute atomic E-state index is 0.0257. The first-order chi connectivity index (χ1) is 19.5. The number of hydrogen-bond acceptors (Lipinski definition) is 14. The van der Waals surface area contributed by atoms with Crippen LogP contribution in [0.5, 0.6) is 0 Å². The number of fused-ring (bicyclic) bond motifs is 2. The maximum Gasteiger partial charge on any atom is 0.280 e. The molecular weight excluding hydrogens is 556 g/mol. The predicted octanol–water partition coefficient (Wildman–Crippen LogP) is -2.40. The molecule has 0 radical (unpaired) electrons. The summed E-state index contributed by atoms with van der Waals surface area (Å²) in [4.78, 5) is 52.9. The van der Waals surface area contributed by atoms with Gasteiger partial charge in [-0.2, -0.15) is 9.97 Å². The van der Waals surface area contributed by atoms with E-state index in [4.69, 9.17) is 20.9 Å². The van der Waals surface area contributed by atoms with Gasteiger partial charge in [-0.05, 0) is 13.1 Å². The van der Waals surface area contributed by atoms with Crippen LogP contribution >= 0.6 is 0 Å². The summed E-state index contributed by atoms with van der Waals surface area (Å²) in [7, 11) is -2.35. The number of H-pyrrole nitrogens is 2. The van der Waals surface area contributed by atoms with Crippen molar-refractivity contribution in [3.8, 4) is 0 Å². The van der Waals surface area contributed by atoms with Gasteiger partial charge in [0.1, 0.15) is 12.5 Å². The van der Waals surface area contributed by atoms with Crippen molar-refractivity contribution in [2.75, 3.05) is 24.6 Å². The molecule has 2 aliphatic heterocycles. The van der Waals surface area contributed by atoms with Crippen LogP contribution in [0.15, 0.2) is 22.2 Å². The number of anilines is 2. The summed E-state index contributed by atoms with van der Waals surface area (Å²) in [5.74, 6) is -0.0587. The lowest BCUT2D eigenvalue weighted by molar-refractivity contribution is -0.0244. The van der Waals surface area contributed by atoms with Crippen LogP contribution < -0.4 is 32.6 Å². The zero-order valence-electron chi connectivity index (χ0n) is 22.3. The third-order valence-electron chi connectivity index (χ3n) is 7.43. The Morgan fingerprint density at radius 3 is 2.07 bits per heavy atom. The fourth-order valence-corrected chi connectivity index (χ4v) is 7.51. The number of rotatable bonds is 8. The lowest BCUT2D eigenvalue weighted by Gasteiger charge is -2.31. The van der Waals surface area contributed by atoms with Crippen LogP contribution in [0.4, 0.5) is 11.9 Å². The van der Waals surface area contributed by atoms with Gasteiger partial charge in [0.2, 0.25) is 11.9 Å². The summed E-state index contributed by atoms with van der Waals surface area (Å²) in [5, 5.41) is 20.8. The Bertz CT molecular complexity index is 1700. The molecule has 4 aromatic rings. The Morgan fingerprint density at radius 2 is 1.51 bits per heavy atom. The van der Waals surface area contributed by atoms with Crippen molar-refractivity contribution in [3.05, 3.63) is 33.4 Å². The van der Waals surface area contributed by atoms with Gasteiger partial charge in [0, 0.05) is 25.4 Å². The largest absolute Gasteiger partial charge is 0.394 e. The predicted molar refractivity (Wildman–Crippen MR) is 148 cm³/mol. The highest BCUT2D eigenvalue weighted by molar-refractivity contribution is 6.72. The SMILES string of the molecule is C[Si](C)(NC[C@H]1O[C@@H](n2cnc3c(=O)[nH]c(N)nc32)C[C@@H]1O)N[C@H]1C[C@H](n2cnc3c(=O)[nH]c(N)nc32)O[C@@H]1CO. The van der Waals surface area contributed by atoms with Gasteiger partial charge in [0.05, 0.1) is 37.6 Å². The van der Waals surface area contributed by atoms with Gasteiger partial charge in [-0.25, -0.2) is 9.97 Å². The number of imidazole rings is 2. The van der Waals surface area contributed by atoms with E-state index in [-0.39, 0.29) is 47.6 Å². The maximum atomic E-state index is 12.2. The van der Waals surface area contributed by atoms with E-state index in [1.807, 2.05) is 0 Å². The normalized spacial score (nSPS) is 26.9. The van der Waals surface area contributed by atoms with Crippen LogP contribution in [-0.4, -0.2) is 95.2 Å². The molecule has 18 nitrogen and oxygen atoms in total. The Labute approximate surface area is 232 Å². The Hall–Kier alpha value is -3.72. The second-order valence-corrected chi connectivity index (χ2v) is 14.7.